The molecule has 0 aliphatic heterocycles. The molecule has 2 N–H and O–H groups in total. The molecule has 1 aromatic carbocycles. The first-order valence-corrected chi connectivity index (χ1v) is 7.05. The number of nitrogens with one attached hydrogen (secondary N) is 1. The normalized spacial score (nSPS) is 10.4. The number of benzene rings is 1. The fraction of sp³-hybridized carbons (Fsp3) is 0.312. The lowest BCUT2D eigenvalue weighted by atomic mass is 10.2. The van der Waals surface area contributed by atoms with Crippen molar-refractivity contribution in [3.05, 3.63) is 47.9 Å². The Morgan fingerprint density at radius 2 is 1.95 bits per heavy atom. The van der Waals surface area contributed by atoms with Crippen LogP contribution >= 0.6 is 0 Å². The van der Waals surface area contributed by atoms with E-state index in [2.05, 4.69) is 29.0 Å². The number of phenols is 1. The Hall–Kier alpha value is -2.30. The van der Waals surface area contributed by atoms with Gasteiger partial charge >= 0.3 is 0 Å². The minimum Gasteiger partial charge on any atom is -0.508 e. The van der Waals surface area contributed by atoms with Crippen LogP contribution in [-0.2, 0) is 6.54 Å². The summed E-state index contributed by atoms with van der Waals surface area (Å²) in [6.07, 6.45) is 1.76. The van der Waals surface area contributed by atoms with E-state index in [0.717, 1.165) is 30.7 Å². The summed E-state index contributed by atoms with van der Waals surface area (Å²) in [7, 11) is 0. The second-order valence-electron chi connectivity index (χ2n) is 4.75. The highest BCUT2D eigenvalue weighted by Gasteiger charge is 2.03. The van der Waals surface area contributed by atoms with Crippen molar-refractivity contribution in [2.45, 2.75) is 20.4 Å². The Labute approximate surface area is 124 Å². The van der Waals surface area contributed by atoms with Crippen molar-refractivity contribution in [2.24, 2.45) is 0 Å². The number of anilines is 2. The van der Waals surface area contributed by atoms with Gasteiger partial charge in [-0.15, -0.1) is 0 Å². The Balaban J connectivity index is 2.00. The van der Waals surface area contributed by atoms with Crippen LogP contribution in [0.3, 0.4) is 0 Å². The van der Waals surface area contributed by atoms with Gasteiger partial charge in [-0.1, -0.05) is 0 Å². The van der Waals surface area contributed by atoms with E-state index in [4.69, 9.17) is 0 Å². The second kappa shape index (κ2) is 6.92. The second-order valence-corrected chi connectivity index (χ2v) is 4.75. The molecule has 0 aliphatic rings. The molecule has 5 heteroatoms. The maximum absolute atomic E-state index is 13.2. The molecule has 0 amide bonds. The van der Waals surface area contributed by atoms with Gasteiger partial charge in [0.15, 0.2) is 0 Å². The molecule has 2 rings (SSSR count). The minimum absolute atomic E-state index is 0.0678. The van der Waals surface area contributed by atoms with Crippen LogP contribution in [0.5, 0.6) is 5.75 Å². The minimum atomic E-state index is -0.443. The molecule has 21 heavy (non-hydrogen) atoms. The maximum atomic E-state index is 13.2. The van der Waals surface area contributed by atoms with E-state index in [1.54, 1.807) is 6.20 Å². The van der Waals surface area contributed by atoms with Gasteiger partial charge in [0.1, 0.15) is 17.4 Å². The van der Waals surface area contributed by atoms with Gasteiger partial charge in [0.2, 0.25) is 0 Å². The quantitative estimate of drug-likeness (QED) is 0.856. The van der Waals surface area contributed by atoms with Crippen molar-refractivity contribution in [1.29, 1.82) is 0 Å². The Bertz CT molecular complexity index is 562. The standard InChI is InChI=1S/C16H20FN3O/c1-3-20(4-2)16-6-5-14(11-19-16)18-10-12-7-13(17)9-15(21)8-12/h5-9,11,18,21H,3-4,10H2,1-2H3. The van der Waals surface area contributed by atoms with E-state index in [9.17, 15) is 9.50 Å². The number of hydrogen-bond donors (Lipinski definition) is 2. The lowest BCUT2D eigenvalue weighted by molar-refractivity contribution is 0.468. The van der Waals surface area contributed by atoms with E-state index < -0.39 is 5.82 Å². The molecule has 4 nitrogen and oxygen atoms in total. The topological polar surface area (TPSA) is 48.4 Å². The van der Waals surface area contributed by atoms with Crippen LogP contribution < -0.4 is 10.2 Å². The average molecular weight is 289 g/mol. The first-order chi connectivity index (χ1) is 10.1. The largest absolute Gasteiger partial charge is 0.508 e. The van der Waals surface area contributed by atoms with Gasteiger partial charge in [0.05, 0.1) is 11.9 Å². The van der Waals surface area contributed by atoms with Gasteiger partial charge in [-0.2, -0.15) is 0 Å². The van der Waals surface area contributed by atoms with Crippen LogP contribution in [-0.4, -0.2) is 23.2 Å². The lowest BCUT2D eigenvalue weighted by Crippen LogP contribution is -2.22. The molecule has 0 saturated carbocycles. The van der Waals surface area contributed by atoms with Gasteiger partial charge in [-0.25, -0.2) is 9.37 Å². The highest BCUT2D eigenvalue weighted by atomic mass is 19.1. The van der Waals surface area contributed by atoms with E-state index in [0.29, 0.717) is 12.1 Å². The van der Waals surface area contributed by atoms with E-state index in [-0.39, 0.29) is 5.75 Å². The SMILES string of the molecule is CCN(CC)c1ccc(NCc2cc(O)cc(F)c2)cn1. The van der Waals surface area contributed by atoms with Crippen LogP contribution in [0.15, 0.2) is 36.5 Å². The summed E-state index contributed by atoms with van der Waals surface area (Å²) < 4.78 is 13.2. The highest BCUT2D eigenvalue weighted by molar-refractivity contribution is 5.49. The van der Waals surface area contributed by atoms with Gasteiger partial charge in [-0.3, -0.25) is 0 Å². The van der Waals surface area contributed by atoms with Crippen LogP contribution in [0.1, 0.15) is 19.4 Å². The number of aromatic nitrogens is 1. The average Bonchev–Trinajstić information content (AvgIpc) is 2.47. The highest BCUT2D eigenvalue weighted by Crippen LogP contribution is 2.17. The van der Waals surface area contributed by atoms with Crippen molar-refractivity contribution in [3.63, 3.8) is 0 Å². The predicted octanol–water partition coefficient (Wildman–Crippen LogP) is 3.38. The Morgan fingerprint density at radius 1 is 1.19 bits per heavy atom. The monoisotopic (exact) mass is 289 g/mol. The summed E-state index contributed by atoms with van der Waals surface area (Å²) in [4.78, 5) is 6.57. The van der Waals surface area contributed by atoms with Crippen LogP contribution in [0.2, 0.25) is 0 Å². The van der Waals surface area contributed by atoms with Crippen molar-refractivity contribution < 1.29 is 9.50 Å². The summed E-state index contributed by atoms with van der Waals surface area (Å²) in [5, 5.41) is 12.5. The molecule has 0 spiro atoms. The number of nitrogens with zero attached hydrogens (tertiary/aromatic N) is 2. The summed E-state index contributed by atoms with van der Waals surface area (Å²) in [5.41, 5.74) is 1.54. The molecule has 0 atom stereocenters. The summed E-state index contributed by atoms with van der Waals surface area (Å²) >= 11 is 0. The molecule has 0 bridgehead atoms. The summed E-state index contributed by atoms with van der Waals surface area (Å²) in [5.74, 6) is 0.428. The van der Waals surface area contributed by atoms with Gasteiger partial charge < -0.3 is 15.3 Å². The molecule has 0 saturated heterocycles. The van der Waals surface area contributed by atoms with E-state index in [1.807, 2.05) is 12.1 Å². The van der Waals surface area contributed by atoms with Crippen LogP contribution in [0, 0.1) is 5.82 Å². The molecule has 0 radical (unpaired) electrons. The number of rotatable bonds is 6. The molecular formula is C16H20FN3O. The molecular weight excluding hydrogens is 269 g/mol. The third-order valence-corrected chi connectivity index (χ3v) is 3.27. The van der Waals surface area contributed by atoms with Crippen LogP contribution in [0.4, 0.5) is 15.9 Å². The first-order valence-electron chi connectivity index (χ1n) is 7.05. The van der Waals surface area contributed by atoms with Gasteiger partial charge in [-0.05, 0) is 43.7 Å². The third kappa shape index (κ3) is 4.08. The number of hydrogen-bond acceptors (Lipinski definition) is 4. The smallest absolute Gasteiger partial charge is 0.128 e. The van der Waals surface area contributed by atoms with E-state index >= 15 is 0 Å². The Kier molecular flexibility index (Phi) is 4.98. The van der Waals surface area contributed by atoms with E-state index in [1.165, 1.54) is 12.1 Å². The zero-order valence-corrected chi connectivity index (χ0v) is 12.3. The zero-order valence-electron chi connectivity index (χ0n) is 12.3. The molecule has 0 fully saturated rings. The summed E-state index contributed by atoms with van der Waals surface area (Å²) in [6, 6.07) is 7.92. The molecule has 1 aromatic heterocycles. The Morgan fingerprint density at radius 3 is 2.52 bits per heavy atom. The van der Waals surface area contributed by atoms with Gasteiger partial charge in [0, 0.05) is 25.7 Å². The van der Waals surface area contributed by atoms with Crippen molar-refractivity contribution in [3.8, 4) is 5.75 Å². The van der Waals surface area contributed by atoms with Crippen molar-refractivity contribution >= 4 is 11.5 Å². The number of aromatic hydroxyl groups is 1. The van der Waals surface area contributed by atoms with Crippen molar-refractivity contribution in [2.75, 3.05) is 23.3 Å². The van der Waals surface area contributed by atoms with Crippen LogP contribution in [0.25, 0.3) is 0 Å². The molecule has 2 aromatic rings. The first kappa shape index (κ1) is 15.1. The fourth-order valence-electron chi connectivity index (χ4n) is 2.16. The predicted molar refractivity (Wildman–Crippen MR) is 83.2 cm³/mol. The molecule has 0 aliphatic carbocycles. The number of halogens is 1. The summed E-state index contributed by atoms with van der Waals surface area (Å²) in [6.45, 7) is 6.44. The third-order valence-electron chi connectivity index (χ3n) is 3.27. The van der Waals surface area contributed by atoms with Gasteiger partial charge in [0.25, 0.3) is 0 Å². The fourth-order valence-corrected chi connectivity index (χ4v) is 2.16. The number of phenolic OH excluding ortho intramolecular Hbond substituents is 1. The number of pyridine rings is 1. The maximum Gasteiger partial charge on any atom is 0.128 e. The lowest BCUT2D eigenvalue weighted by Gasteiger charge is -2.19. The molecule has 112 valence electrons. The molecule has 1 heterocycles. The molecule has 0 unspecified atom stereocenters. The zero-order chi connectivity index (χ0) is 15.2. The van der Waals surface area contributed by atoms with Crippen molar-refractivity contribution in [1.82, 2.24) is 4.98 Å².